The molecule has 0 unspecified atom stereocenters. The first-order valence-corrected chi connectivity index (χ1v) is 1.81. The van der Waals surface area contributed by atoms with Crippen LogP contribution in [-0.2, 0) is 0 Å². The fraction of sp³-hybridized carbons (Fsp3) is 1.00. The van der Waals surface area contributed by atoms with Crippen molar-refractivity contribution < 1.29 is 5.11 Å². The second-order valence-electron chi connectivity index (χ2n) is 1.18. The highest BCUT2D eigenvalue weighted by atomic mass is 16.3. The van der Waals surface area contributed by atoms with Crippen LogP contribution < -0.4 is 0 Å². The summed E-state index contributed by atoms with van der Waals surface area (Å²) in [5.74, 6) is 0. The highest BCUT2D eigenvalue weighted by Gasteiger charge is 1.69. The van der Waals surface area contributed by atoms with Crippen LogP contribution >= 0.6 is 0 Å². The Kier molecular flexibility index (Phi) is 12.3. The third-order valence-corrected chi connectivity index (χ3v) is 0. The van der Waals surface area contributed by atoms with Gasteiger partial charge in [-0.15, -0.1) is 0 Å². The molecular weight excluding hydrogens is 94.1 g/mol. The highest BCUT2D eigenvalue weighted by molar-refractivity contribution is 4.36. The van der Waals surface area contributed by atoms with Gasteiger partial charge in [0.2, 0.25) is 0 Å². The van der Waals surface area contributed by atoms with Gasteiger partial charge in [-0.25, -0.2) is 0 Å². The normalized spacial score (nSPS) is 6.29. The van der Waals surface area contributed by atoms with E-state index in [1.54, 1.807) is 13.8 Å². The third kappa shape index (κ3) is 106. The van der Waals surface area contributed by atoms with Gasteiger partial charge in [0.05, 0.1) is 0 Å². The van der Waals surface area contributed by atoms with Crippen LogP contribution in [0.4, 0.5) is 0 Å². The van der Waals surface area contributed by atoms with Gasteiger partial charge in [0.1, 0.15) is 0 Å². The standard InChI is InChI=1S/C3H8O.N3/c1-3(2)4;1-3-2/h3-4H,1-2H3;/q;-1. The van der Waals surface area contributed by atoms with E-state index in [4.69, 9.17) is 16.2 Å². The molecule has 0 heterocycles. The summed E-state index contributed by atoms with van der Waals surface area (Å²) >= 11 is 0. The molecule has 0 spiro atoms. The van der Waals surface area contributed by atoms with Gasteiger partial charge in [-0.1, -0.05) is 0 Å². The van der Waals surface area contributed by atoms with Crippen molar-refractivity contribution in [2.24, 2.45) is 0 Å². The highest BCUT2D eigenvalue weighted by Crippen LogP contribution is 1.65. The van der Waals surface area contributed by atoms with Crippen LogP contribution in [0.15, 0.2) is 0 Å². The molecule has 0 atom stereocenters. The maximum Gasteiger partial charge on any atom is 0.0483 e. The van der Waals surface area contributed by atoms with Crippen LogP contribution in [-0.4, -0.2) is 11.2 Å². The van der Waals surface area contributed by atoms with Crippen molar-refractivity contribution in [3.05, 3.63) is 16.0 Å². The molecule has 0 aliphatic heterocycles. The molecule has 4 nitrogen and oxygen atoms in total. The molecule has 0 aromatic rings. The van der Waals surface area contributed by atoms with E-state index in [-0.39, 0.29) is 6.10 Å². The maximum atomic E-state index is 8.06. The van der Waals surface area contributed by atoms with Gasteiger partial charge in [-0.2, -0.15) is 0 Å². The van der Waals surface area contributed by atoms with Crippen molar-refractivity contribution in [3.8, 4) is 0 Å². The van der Waals surface area contributed by atoms with Crippen LogP contribution in [0.25, 0.3) is 16.0 Å². The van der Waals surface area contributed by atoms with Crippen molar-refractivity contribution in [1.82, 2.24) is 0 Å². The second-order valence-corrected chi connectivity index (χ2v) is 1.18. The quantitative estimate of drug-likeness (QED) is 0.279. The minimum atomic E-state index is -0.167. The molecule has 0 amide bonds. The molecule has 0 aliphatic rings. The van der Waals surface area contributed by atoms with Gasteiger partial charge in [0, 0.05) is 6.10 Å². The molecule has 0 aromatic heterocycles. The number of aliphatic hydroxyl groups excluding tert-OH is 1. The number of rotatable bonds is 0. The molecule has 0 saturated carbocycles. The van der Waals surface area contributed by atoms with E-state index >= 15 is 0 Å². The van der Waals surface area contributed by atoms with Crippen LogP contribution in [0.3, 0.4) is 0 Å². The lowest BCUT2D eigenvalue weighted by atomic mass is 10.5. The van der Waals surface area contributed by atoms with Gasteiger partial charge in [-0.05, 0) is 13.8 Å². The number of aliphatic hydroxyl groups is 1. The van der Waals surface area contributed by atoms with Crippen molar-refractivity contribution in [1.29, 1.82) is 0 Å². The third-order valence-electron chi connectivity index (χ3n) is 0. The summed E-state index contributed by atoms with van der Waals surface area (Å²) in [6, 6.07) is 0. The van der Waals surface area contributed by atoms with Crippen LogP contribution in [0, 0.1) is 0 Å². The molecule has 0 rings (SSSR count). The molecule has 7 heavy (non-hydrogen) atoms. The Morgan fingerprint density at radius 2 is 1.43 bits per heavy atom. The summed E-state index contributed by atoms with van der Waals surface area (Å²) in [6.45, 7) is 3.44. The van der Waals surface area contributed by atoms with Gasteiger partial charge < -0.3 is 16.2 Å². The SMILES string of the molecule is CC(C)O.[N-]=[N+]=[N-]. The average Bonchev–Trinajstić information content (AvgIpc) is 1.33. The lowest BCUT2D eigenvalue weighted by Crippen LogP contribution is -1.85. The van der Waals surface area contributed by atoms with Gasteiger partial charge in [0.25, 0.3) is 0 Å². The van der Waals surface area contributed by atoms with E-state index in [2.05, 4.69) is 0 Å². The molecule has 0 saturated heterocycles. The summed E-state index contributed by atoms with van der Waals surface area (Å²) in [5, 5.41) is 8.06. The van der Waals surface area contributed by atoms with Gasteiger partial charge >= 0.3 is 0 Å². The molecule has 0 aromatic carbocycles. The minimum absolute atomic E-state index is 0.167. The van der Waals surface area contributed by atoms with Crippen LogP contribution in [0.2, 0.25) is 0 Å². The molecule has 4 heteroatoms. The largest absolute Gasteiger partial charge is 0.394 e. The lowest BCUT2D eigenvalue weighted by Gasteiger charge is -1.80. The molecule has 0 bridgehead atoms. The van der Waals surface area contributed by atoms with Crippen LogP contribution in [0.1, 0.15) is 13.8 Å². The van der Waals surface area contributed by atoms with E-state index in [0.29, 0.717) is 0 Å². The topological polar surface area (TPSA) is 78.9 Å². The molecule has 1 N–H and O–H groups in total. The summed E-state index contributed by atoms with van der Waals surface area (Å²) in [4.78, 5) is 1.50. The smallest absolute Gasteiger partial charge is 0.0483 e. The van der Waals surface area contributed by atoms with Crippen molar-refractivity contribution >= 4 is 0 Å². The zero-order valence-corrected chi connectivity index (χ0v) is 4.37. The Morgan fingerprint density at radius 1 is 1.43 bits per heavy atom. The van der Waals surface area contributed by atoms with Crippen molar-refractivity contribution in [3.63, 3.8) is 0 Å². The summed E-state index contributed by atoms with van der Waals surface area (Å²) in [5.41, 5.74) is 13.5. The van der Waals surface area contributed by atoms with E-state index in [9.17, 15) is 0 Å². The average molecular weight is 102 g/mol. The Labute approximate surface area is 42.2 Å². The predicted molar refractivity (Wildman–Crippen MR) is 27.4 cm³/mol. The zero-order valence-electron chi connectivity index (χ0n) is 4.37. The molecule has 42 valence electrons. The second kappa shape index (κ2) is 8.99. The Hall–Kier alpha value is -0.730. The van der Waals surface area contributed by atoms with E-state index in [1.165, 1.54) is 4.91 Å². The Bertz CT molecular complexity index is 52.4. The molecular formula is C3H8N3O-. The van der Waals surface area contributed by atoms with E-state index in [1.807, 2.05) is 0 Å². The zero-order chi connectivity index (χ0) is 6.28. The molecule has 0 radical (unpaired) electrons. The summed E-state index contributed by atoms with van der Waals surface area (Å²) in [6.07, 6.45) is -0.167. The predicted octanol–water partition coefficient (Wildman–Crippen LogP) is 1.25. The number of nitrogens with zero attached hydrogens (tertiary/aromatic N) is 3. The lowest BCUT2D eigenvalue weighted by molar-refractivity contribution is 0.216. The monoisotopic (exact) mass is 102 g/mol. The van der Waals surface area contributed by atoms with Crippen LogP contribution in [0.5, 0.6) is 0 Å². The first-order chi connectivity index (χ1) is 3.15. The molecule has 0 fully saturated rings. The maximum absolute atomic E-state index is 8.06. The van der Waals surface area contributed by atoms with Gasteiger partial charge in [-0.3, -0.25) is 4.91 Å². The summed E-state index contributed by atoms with van der Waals surface area (Å²) in [7, 11) is 0. The Balaban J connectivity index is 0. The van der Waals surface area contributed by atoms with Crippen molar-refractivity contribution in [2.75, 3.05) is 0 Å². The number of hydrogen-bond donors (Lipinski definition) is 1. The molecule has 0 aliphatic carbocycles. The first-order valence-electron chi connectivity index (χ1n) is 1.81. The minimum Gasteiger partial charge on any atom is -0.394 e. The van der Waals surface area contributed by atoms with E-state index < -0.39 is 0 Å². The van der Waals surface area contributed by atoms with E-state index in [0.717, 1.165) is 0 Å². The number of hydrogen-bond acceptors (Lipinski definition) is 1. The van der Waals surface area contributed by atoms with Crippen molar-refractivity contribution in [2.45, 2.75) is 20.0 Å². The fourth-order valence-corrected chi connectivity index (χ4v) is 0. The Morgan fingerprint density at radius 3 is 1.43 bits per heavy atom. The fourth-order valence-electron chi connectivity index (χ4n) is 0. The van der Waals surface area contributed by atoms with Gasteiger partial charge in [0.15, 0.2) is 0 Å². The summed E-state index contributed by atoms with van der Waals surface area (Å²) < 4.78 is 0. The first kappa shape index (κ1) is 9.55.